The lowest BCUT2D eigenvalue weighted by Gasteiger charge is -2.15. The number of hydrogen-bond acceptors (Lipinski definition) is 6. The molecule has 8 heteroatoms. The van der Waals surface area contributed by atoms with Crippen LogP contribution in [0.1, 0.15) is 6.42 Å². The Bertz CT molecular complexity index is 814. The summed E-state index contributed by atoms with van der Waals surface area (Å²) in [5.41, 5.74) is 0.851. The molecular weight excluding hydrogens is 302 g/mol. The Hall–Kier alpha value is -3.08. The van der Waals surface area contributed by atoms with Gasteiger partial charge >= 0.3 is 11.7 Å². The highest BCUT2D eigenvalue weighted by atomic mass is 16.5. The highest BCUT2D eigenvalue weighted by molar-refractivity contribution is 5.81. The summed E-state index contributed by atoms with van der Waals surface area (Å²) < 4.78 is 11.0. The maximum Gasteiger partial charge on any atom is 0.420 e. The first-order chi connectivity index (χ1) is 11.0. The van der Waals surface area contributed by atoms with Crippen molar-refractivity contribution in [2.75, 3.05) is 20.2 Å². The number of amides is 1. The zero-order chi connectivity index (χ0) is 16.8. The summed E-state index contributed by atoms with van der Waals surface area (Å²) in [6.45, 7) is -0.519. The van der Waals surface area contributed by atoms with Crippen molar-refractivity contribution >= 4 is 23.0 Å². The number of carbonyl (C=O) groups is 2. The largest absolute Gasteiger partial charge is 0.454 e. The van der Waals surface area contributed by atoms with Gasteiger partial charge in [0.15, 0.2) is 12.2 Å². The van der Waals surface area contributed by atoms with Crippen LogP contribution in [0.2, 0.25) is 0 Å². The number of esters is 1. The maximum atomic E-state index is 11.8. The number of oxazole rings is 1. The molecule has 2 aromatic rings. The van der Waals surface area contributed by atoms with Gasteiger partial charge in [-0.1, -0.05) is 12.1 Å². The molecule has 1 aromatic carbocycles. The summed E-state index contributed by atoms with van der Waals surface area (Å²) in [6.07, 6.45) is 0.201. The molecule has 120 valence electrons. The Kier molecular flexibility index (Phi) is 5.15. The monoisotopic (exact) mass is 317 g/mol. The summed E-state index contributed by atoms with van der Waals surface area (Å²) >= 11 is 0. The molecule has 0 saturated heterocycles. The highest BCUT2D eigenvalue weighted by Crippen LogP contribution is 2.11. The fraction of sp³-hybridized carbons (Fsp3) is 0.333. The molecule has 23 heavy (non-hydrogen) atoms. The zero-order valence-electron chi connectivity index (χ0n) is 12.5. The summed E-state index contributed by atoms with van der Waals surface area (Å²) in [5, 5.41) is 8.46. The first-order valence-corrected chi connectivity index (χ1v) is 6.88. The molecule has 0 radical (unpaired) electrons. The number of aromatic nitrogens is 1. The standard InChI is InChI=1S/C15H15N3O5/c1-17(8-4-7-16)13(19)10-22-14(20)9-18-11-5-2-3-6-12(11)23-15(18)21/h2-3,5-6H,4,8-10H2,1H3. The Balaban J connectivity index is 1.95. The van der Waals surface area contributed by atoms with Crippen molar-refractivity contribution in [2.24, 2.45) is 0 Å². The number of rotatable bonds is 6. The van der Waals surface area contributed by atoms with E-state index in [1.165, 1.54) is 11.9 Å². The number of fused-ring (bicyclic) bond motifs is 1. The van der Waals surface area contributed by atoms with Gasteiger partial charge in [0.05, 0.1) is 18.0 Å². The lowest BCUT2D eigenvalue weighted by atomic mass is 10.3. The van der Waals surface area contributed by atoms with E-state index in [0.29, 0.717) is 11.1 Å². The predicted octanol–water partition coefficient (Wildman–Crippen LogP) is 0.510. The molecular formula is C15H15N3O5. The van der Waals surface area contributed by atoms with E-state index in [1.807, 2.05) is 6.07 Å². The molecule has 1 heterocycles. The van der Waals surface area contributed by atoms with Gasteiger partial charge in [0.1, 0.15) is 6.54 Å². The zero-order valence-corrected chi connectivity index (χ0v) is 12.5. The predicted molar refractivity (Wildman–Crippen MR) is 79.3 cm³/mol. The molecule has 0 aliphatic heterocycles. The Morgan fingerprint density at radius 2 is 2.13 bits per heavy atom. The van der Waals surface area contributed by atoms with Gasteiger partial charge < -0.3 is 14.1 Å². The number of carbonyl (C=O) groups excluding carboxylic acids is 2. The number of likely N-dealkylation sites (N-methyl/N-ethyl adjacent to an activating group) is 1. The van der Waals surface area contributed by atoms with Crippen LogP contribution >= 0.6 is 0 Å². The van der Waals surface area contributed by atoms with Crippen molar-refractivity contribution in [3.8, 4) is 6.07 Å². The lowest BCUT2D eigenvalue weighted by Crippen LogP contribution is -2.32. The number of hydrogen-bond donors (Lipinski definition) is 0. The molecule has 0 bridgehead atoms. The van der Waals surface area contributed by atoms with Crippen molar-refractivity contribution in [3.05, 3.63) is 34.8 Å². The third-order valence-electron chi connectivity index (χ3n) is 3.20. The van der Waals surface area contributed by atoms with Gasteiger partial charge in [-0.15, -0.1) is 0 Å². The van der Waals surface area contributed by atoms with E-state index in [2.05, 4.69) is 0 Å². The Morgan fingerprint density at radius 1 is 1.39 bits per heavy atom. The quantitative estimate of drug-likeness (QED) is 0.719. The summed E-state index contributed by atoms with van der Waals surface area (Å²) in [4.78, 5) is 36.5. The van der Waals surface area contributed by atoms with E-state index >= 15 is 0 Å². The molecule has 0 unspecified atom stereocenters. The van der Waals surface area contributed by atoms with E-state index < -0.39 is 24.2 Å². The van der Waals surface area contributed by atoms with E-state index in [9.17, 15) is 14.4 Å². The fourth-order valence-electron chi connectivity index (χ4n) is 1.93. The Morgan fingerprint density at radius 3 is 2.87 bits per heavy atom. The second kappa shape index (κ2) is 7.26. The van der Waals surface area contributed by atoms with Crippen LogP contribution < -0.4 is 5.76 Å². The maximum absolute atomic E-state index is 11.8. The van der Waals surface area contributed by atoms with Crippen LogP contribution in [0.15, 0.2) is 33.5 Å². The molecule has 1 aromatic heterocycles. The fourth-order valence-corrected chi connectivity index (χ4v) is 1.93. The first-order valence-electron chi connectivity index (χ1n) is 6.88. The van der Waals surface area contributed by atoms with Crippen LogP contribution in [0.25, 0.3) is 11.1 Å². The van der Waals surface area contributed by atoms with Crippen molar-refractivity contribution in [2.45, 2.75) is 13.0 Å². The van der Waals surface area contributed by atoms with Crippen molar-refractivity contribution in [3.63, 3.8) is 0 Å². The Labute approximate surface area is 131 Å². The molecule has 0 aliphatic carbocycles. The summed E-state index contributed by atoms with van der Waals surface area (Å²) in [6, 6.07) is 8.61. The minimum atomic E-state index is -0.722. The van der Waals surface area contributed by atoms with Crippen LogP contribution in [0, 0.1) is 11.3 Å². The van der Waals surface area contributed by atoms with Crippen LogP contribution in [-0.4, -0.2) is 41.5 Å². The highest BCUT2D eigenvalue weighted by Gasteiger charge is 2.15. The summed E-state index contributed by atoms with van der Waals surface area (Å²) in [7, 11) is 1.52. The number of nitriles is 1. The van der Waals surface area contributed by atoms with E-state index in [1.54, 1.807) is 24.3 Å². The van der Waals surface area contributed by atoms with Crippen LogP contribution in [0.4, 0.5) is 0 Å². The van der Waals surface area contributed by atoms with Gasteiger partial charge in [-0.2, -0.15) is 5.26 Å². The molecule has 2 rings (SSSR count). The number of para-hydroxylation sites is 2. The van der Waals surface area contributed by atoms with Crippen molar-refractivity contribution < 1.29 is 18.7 Å². The van der Waals surface area contributed by atoms with Gasteiger partial charge in [0, 0.05) is 13.6 Å². The van der Waals surface area contributed by atoms with Gasteiger partial charge in [-0.3, -0.25) is 14.2 Å². The molecule has 8 nitrogen and oxygen atoms in total. The summed E-state index contributed by atoms with van der Waals surface area (Å²) in [5.74, 6) is -1.81. The molecule has 0 atom stereocenters. The third kappa shape index (κ3) is 3.97. The van der Waals surface area contributed by atoms with Gasteiger partial charge in [-0.05, 0) is 12.1 Å². The number of nitrogens with zero attached hydrogens (tertiary/aromatic N) is 3. The molecule has 1 amide bonds. The smallest absolute Gasteiger partial charge is 0.420 e. The lowest BCUT2D eigenvalue weighted by molar-refractivity contribution is -0.152. The third-order valence-corrected chi connectivity index (χ3v) is 3.20. The minimum absolute atomic E-state index is 0.201. The molecule has 0 fully saturated rings. The topological polar surface area (TPSA) is 106 Å². The molecule has 0 spiro atoms. The average Bonchev–Trinajstić information content (AvgIpc) is 2.86. The van der Waals surface area contributed by atoms with Gasteiger partial charge in [-0.25, -0.2) is 4.79 Å². The van der Waals surface area contributed by atoms with Crippen molar-refractivity contribution in [1.29, 1.82) is 5.26 Å². The number of benzene rings is 1. The SMILES string of the molecule is CN(CCC#N)C(=O)COC(=O)Cn1c(=O)oc2ccccc21. The van der Waals surface area contributed by atoms with E-state index in [-0.39, 0.29) is 19.5 Å². The van der Waals surface area contributed by atoms with Crippen LogP contribution in [0.3, 0.4) is 0 Å². The molecule has 0 saturated carbocycles. The molecule has 0 N–H and O–H groups in total. The first kappa shape index (κ1) is 16.3. The van der Waals surface area contributed by atoms with Gasteiger partial charge in [0.2, 0.25) is 0 Å². The van der Waals surface area contributed by atoms with Crippen LogP contribution in [0.5, 0.6) is 0 Å². The van der Waals surface area contributed by atoms with Crippen molar-refractivity contribution in [1.82, 2.24) is 9.47 Å². The van der Waals surface area contributed by atoms with Gasteiger partial charge in [0.25, 0.3) is 5.91 Å². The van der Waals surface area contributed by atoms with E-state index in [0.717, 1.165) is 4.57 Å². The number of ether oxygens (including phenoxy) is 1. The molecule has 0 aliphatic rings. The minimum Gasteiger partial charge on any atom is -0.454 e. The second-order valence-corrected chi connectivity index (χ2v) is 4.81. The second-order valence-electron chi connectivity index (χ2n) is 4.81. The van der Waals surface area contributed by atoms with E-state index in [4.69, 9.17) is 14.4 Å². The average molecular weight is 317 g/mol. The normalized spacial score (nSPS) is 10.3. The van der Waals surface area contributed by atoms with Crippen LogP contribution in [-0.2, 0) is 20.9 Å².